The fourth-order valence-electron chi connectivity index (χ4n) is 2.14. The number of nitrogens with zero attached hydrogens (tertiary/aromatic N) is 4. The van der Waals surface area contributed by atoms with Gasteiger partial charge in [0.1, 0.15) is 12.4 Å². The van der Waals surface area contributed by atoms with Gasteiger partial charge >= 0.3 is 5.97 Å². The largest absolute Gasteiger partial charge is 0.480 e. The molecule has 2 aromatic heterocycles. The summed E-state index contributed by atoms with van der Waals surface area (Å²) in [4.78, 5) is 31.4. The van der Waals surface area contributed by atoms with Crippen molar-refractivity contribution in [3.63, 3.8) is 0 Å². The summed E-state index contributed by atoms with van der Waals surface area (Å²) in [7, 11) is 0. The maximum Gasteiger partial charge on any atom is 0.326 e. The van der Waals surface area contributed by atoms with Crippen LogP contribution < -0.4 is 5.32 Å². The van der Waals surface area contributed by atoms with Gasteiger partial charge in [-0.3, -0.25) is 4.79 Å². The smallest absolute Gasteiger partial charge is 0.326 e. The summed E-state index contributed by atoms with van der Waals surface area (Å²) in [5.41, 5.74) is 0.966. The highest BCUT2D eigenvalue weighted by Gasteiger charge is 2.22. The van der Waals surface area contributed by atoms with Crippen LogP contribution in [0, 0.1) is 0 Å². The minimum absolute atomic E-state index is 0.317. The first kappa shape index (κ1) is 14.9. The van der Waals surface area contributed by atoms with Crippen molar-refractivity contribution in [1.29, 1.82) is 0 Å². The van der Waals surface area contributed by atoms with Gasteiger partial charge in [-0.15, -0.1) is 0 Å². The Morgan fingerprint density at radius 3 is 2.76 bits per heavy atom. The molecule has 0 aliphatic carbocycles. The van der Waals surface area contributed by atoms with Crippen molar-refractivity contribution in [2.75, 3.05) is 0 Å². The van der Waals surface area contributed by atoms with E-state index >= 15 is 0 Å². The van der Waals surface area contributed by atoms with Gasteiger partial charge in [-0.1, -0.05) is 20.3 Å². The molecule has 1 atom stereocenters. The number of hydrogen-bond acceptors (Lipinski definition) is 5. The molecule has 112 valence electrons. The molecule has 2 N–H and O–H groups in total. The second-order valence-electron chi connectivity index (χ2n) is 4.60. The molecule has 1 amide bonds. The Kier molecular flexibility index (Phi) is 4.46. The van der Waals surface area contributed by atoms with E-state index < -0.39 is 17.9 Å². The molecule has 0 aliphatic heterocycles. The number of aromatic nitrogens is 4. The average molecular weight is 291 g/mol. The molecule has 0 aliphatic rings. The van der Waals surface area contributed by atoms with Crippen LogP contribution in [-0.4, -0.2) is 42.6 Å². The number of hydrogen-bond donors (Lipinski definition) is 2. The molecule has 8 nitrogen and oxygen atoms in total. The third-order valence-electron chi connectivity index (χ3n) is 3.17. The summed E-state index contributed by atoms with van der Waals surface area (Å²) in [6, 6.07) is -0.904. The summed E-state index contributed by atoms with van der Waals surface area (Å²) >= 11 is 0. The standard InChI is InChI=1S/C13H17N5O3/c1-3-5-9(12(20)21)17-11(19)8-6-14-13-15-7-16-18(13)10(8)4-2/h6-7,9H,3-5H2,1-2H3,(H,17,19)(H,20,21)/t9-/m0/s1. The van der Waals surface area contributed by atoms with Gasteiger partial charge in [-0.05, 0) is 12.8 Å². The van der Waals surface area contributed by atoms with Crippen molar-refractivity contribution in [3.05, 3.63) is 23.8 Å². The Bertz CT molecular complexity index is 667. The van der Waals surface area contributed by atoms with Crippen LogP contribution in [0.3, 0.4) is 0 Å². The van der Waals surface area contributed by atoms with Gasteiger partial charge < -0.3 is 10.4 Å². The van der Waals surface area contributed by atoms with E-state index in [4.69, 9.17) is 5.11 Å². The molecule has 2 aromatic rings. The number of rotatable bonds is 6. The third-order valence-corrected chi connectivity index (χ3v) is 3.17. The monoisotopic (exact) mass is 291 g/mol. The quantitative estimate of drug-likeness (QED) is 0.809. The molecule has 2 rings (SSSR count). The number of nitrogens with one attached hydrogen (secondary N) is 1. The van der Waals surface area contributed by atoms with Crippen LogP contribution in [0.2, 0.25) is 0 Å². The van der Waals surface area contributed by atoms with Crippen molar-refractivity contribution in [2.45, 2.75) is 39.2 Å². The second-order valence-corrected chi connectivity index (χ2v) is 4.60. The van der Waals surface area contributed by atoms with Crippen molar-refractivity contribution in [3.8, 4) is 0 Å². The van der Waals surface area contributed by atoms with Crippen LogP contribution in [0.25, 0.3) is 5.78 Å². The van der Waals surface area contributed by atoms with Crippen molar-refractivity contribution in [2.24, 2.45) is 0 Å². The first-order valence-electron chi connectivity index (χ1n) is 6.79. The highest BCUT2D eigenvalue weighted by Crippen LogP contribution is 2.10. The summed E-state index contributed by atoms with van der Waals surface area (Å²) in [5.74, 6) is -1.10. The minimum Gasteiger partial charge on any atom is -0.480 e. The molecule has 8 heteroatoms. The lowest BCUT2D eigenvalue weighted by Gasteiger charge is -2.15. The first-order valence-corrected chi connectivity index (χ1v) is 6.79. The molecule has 0 bridgehead atoms. The van der Waals surface area contributed by atoms with E-state index in [-0.39, 0.29) is 0 Å². The van der Waals surface area contributed by atoms with E-state index in [9.17, 15) is 9.59 Å². The Labute approximate surface area is 121 Å². The molecule has 0 unspecified atom stereocenters. The van der Waals surface area contributed by atoms with Gasteiger partial charge in [0, 0.05) is 6.20 Å². The maximum atomic E-state index is 12.3. The zero-order valence-electron chi connectivity index (χ0n) is 11.9. The van der Waals surface area contributed by atoms with Crippen molar-refractivity contribution in [1.82, 2.24) is 24.9 Å². The van der Waals surface area contributed by atoms with Crippen molar-refractivity contribution < 1.29 is 14.7 Å². The van der Waals surface area contributed by atoms with Gasteiger partial charge in [0.2, 0.25) is 0 Å². The lowest BCUT2D eigenvalue weighted by Crippen LogP contribution is -2.41. The number of carboxylic acid groups (broad SMARTS) is 1. The van der Waals surface area contributed by atoms with Gasteiger partial charge in [0.05, 0.1) is 11.3 Å². The highest BCUT2D eigenvalue weighted by atomic mass is 16.4. The van der Waals surface area contributed by atoms with Gasteiger partial charge in [0.15, 0.2) is 0 Å². The number of carbonyl (C=O) groups is 2. The SMILES string of the molecule is CCC[C@H](NC(=O)c1cnc2ncnn2c1CC)C(=O)O. The molecular weight excluding hydrogens is 274 g/mol. The van der Waals surface area contributed by atoms with E-state index in [0.29, 0.717) is 36.3 Å². The predicted octanol–water partition coefficient (Wildman–Crippen LogP) is 0.670. The number of aryl methyl sites for hydroxylation is 1. The zero-order chi connectivity index (χ0) is 15.4. The normalized spacial score (nSPS) is 12.3. The number of fused-ring (bicyclic) bond motifs is 1. The lowest BCUT2D eigenvalue weighted by molar-refractivity contribution is -0.139. The molecule has 21 heavy (non-hydrogen) atoms. The Morgan fingerprint density at radius 1 is 1.38 bits per heavy atom. The van der Waals surface area contributed by atoms with E-state index in [1.807, 2.05) is 13.8 Å². The van der Waals surface area contributed by atoms with Crippen LogP contribution >= 0.6 is 0 Å². The fraction of sp³-hybridized carbons (Fsp3) is 0.462. The van der Waals surface area contributed by atoms with Gasteiger partial charge in [-0.25, -0.2) is 14.3 Å². The highest BCUT2D eigenvalue weighted by molar-refractivity contribution is 5.97. The summed E-state index contributed by atoms with van der Waals surface area (Å²) in [6.07, 6.45) is 4.36. The lowest BCUT2D eigenvalue weighted by atomic mass is 10.1. The van der Waals surface area contributed by atoms with E-state index in [1.165, 1.54) is 17.0 Å². The van der Waals surface area contributed by atoms with Crippen LogP contribution in [-0.2, 0) is 11.2 Å². The molecular formula is C13H17N5O3. The molecule has 0 saturated carbocycles. The summed E-state index contributed by atoms with van der Waals surface area (Å²) < 4.78 is 1.49. The number of carboxylic acids is 1. The molecule has 0 spiro atoms. The molecule has 0 radical (unpaired) electrons. The third kappa shape index (κ3) is 2.99. The van der Waals surface area contributed by atoms with E-state index in [0.717, 1.165) is 0 Å². The van der Waals surface area contributed by atoms with Crippen LogP contribution in [0.1, 0.15) is 42.7 Å². The number of aliphatic carboxylic acids is 1. The Morgan fingerprint density at radius 2 is 2.14 bits per heavy atom. The molecule has 0 fully saturated rings. The van der Waals surface area contributed by atoms with E-state index in [2.05, 4.69) is 20.4 Å². The van der Waals surface area contributed by atoms with Crippen LogP contribution in [0.5, 0.6) is 0 Å². The van der Waals surface area contributed by atoms with Gasteiger partial charge in [-0.2, -0.15) is 10.1 Å². The topological polar surface area (TPSA) is 109 Å². The summed E-state index contributed by atoms with van der Waals surface area (Å²) in [5, 5.41) is 15.7. The fourth-order valence-corrected chi connectivity index (χ4v) is 2.14. The average Bonchev–Trinajstić information content (AvgIpc) is 2.93. The Balaban J connectivity index is 2.32. The first-order chi connectivity index (χ1) is 10.1. The number of amides is 1. The summed E-state index contributed by atoms with van der Waals surface area (Å²) in [6.45, 7) is 3.75. The van der Waals surface area contributed by atoms with Gasteiger partial charge in [0.25, 0.3) is 11.7 Å². The second kappa shape index (κ2) is 6.29. The van der Waals surface area contributed by atoms with E-state index in [1.54, 1.807) is 0 Å². The number of carbonyl (C=O) groups excluding carboxylic acids is 1. The van der Waals surface area contributed by atoms with Crippen molar-refractivity contribution >= 4 is 17.7 Å². The van der Waals surface area contributed by atoms with Crippen LogP contribution in [0.4, 0.5) is 0 Å². The predicted molar refractivity (Wildman–Crippen MR) is 74.0 cm³/mol. The zero-order valence-corrected chi connectivity index (χ0v) is 11.9. The van der Waals surface area contributed by atoms with Crippen LogP contribution in [0.15, 0.2) is 12.5 Å². The minimum atomic E-state index is -1.04. The molecule has 0 saturated heterocycles. The molecule has 2 heterocycles. The molecule has 0 aromatic carbocycles. The maximum absolute atomic E-state index is 12.3. The Hall–Kier alpha value is -2.51.